The van der Waals surface area contributed by atoms with E-state index in [9.17, 15) is 5.11 Å². The number of piperidine rings is 1. The van der Waals surface area contributed by atoms with Crippen molar-refractivity contribution in [2.75, 3.05) is 6.54 Å². The third kappa shape index (κ3) is 1.49. The topological polar surface area (TPSA) is 23.5 Å². The number of rotatable bonds is 2. The van der Waals surface area contributed by atoms with Crippen LogP contribution in [0.2, 0.25) is 0 Å². The van der Waals surface area contributed by atoms with E-state index in [1.165, 1.54) is 38.6 Å². The summed E-state index contributed by atoms with van der Waals surface area (Å²) >= 11 is 0. The molecule has 3 rings (SSSR count). The van der Waals surface area contributed by atoms with E-state index in [-0.39, 0.29) is 6.10 Å². The molecule has 2 heterocycles. The van der Waals surface area contributed by atoms with Crippen molar-refractivity contribution in [3.05, 3.63) is 0 Å². The molecule has 2 aliphatic heterocycles. The molecule has 3 fully saturated rings. The van der Waals surface area contributed by atoms with Crippen LogP contribution < -0.4 is 0 Å². The number of aliphatic hydroxyl groups is 1. The Morgan fingerprint density at radius 3 is 2.14 bits per heavy atom. The molecule has 0 amide bonds. The summed E-state index contributed by atoms with van der Waals surface area (Å²) in [6.45, 7) is 1.34. The predicted octanol–water partition coefficient (Wildman–Crippen LogP) is 1.77. The first-order chi connectivity index (χ1) is 6.83. The maximum atomic E-state index is 9.69. The van der Waals surface area contributed by atoms with Gasteiger partial charge < -0.3 is 5.11 Å². The molecule has 0 aromatic carbocycles. The van der Waals surface area contributed by atoms with Crippen LogP contribution in [0, 0.1) is 5.92 Å². The molecule has 1 N–H and O–H groups in total. The number of hydrogen-bond donors (Lipinski definition) is 1. The van der Waals surface area contributed by atoms with Crippen LogP contribution in [0.1, 0.15) is 44.9 Å². The Balaban J connectivity index is 1.62. The van der Waals surface area contributed by atoms with Gasteiger partial charge in [-0.2, -0.15) is 0 Å². The Labute approximate surface area is 86.3 Å². The summed E-state index contributed by atoms with van der Waals surface area (Å²) in [5.74, 6) is 0.994. The molecule has 0 aromatic rings. The van der Waals surface area contributed by atoms with Gasteiger partial charge in [-0.05, 0) is 44.4 Å². The zero-order valence-corrected chi connectivity index (χ0v) is 8.86. The maximum Gasteiger partial charge on any atom is 0.0570 e. The van der Waals surface area contributed by atoms with Crippen LogP contribution in [-0.2, 0) is 0 Å². The normalized spacial score (nSPS) is 43.9. The minimum Gasteiger partial charge on any atom is -0.393 e. The minimum absolute atomic E-state index is 0.00476. The fourth-order valence-corrected chi connectivity index (χ4v) is 3.52. The van der Waals surface area contributed by atoms with Crippen molar-refractivity contribution < 1.29 is 5.11 Å². The van der Waals surface area contributed by atoms with Crippen LogP contribution in [0.5, 0.6) is 0 Å². The molecule has 1 aliphatic carbocycles. The van der Waals surface area contributed by atoms with Crippen LogP contribution >= 0.6 is 0 Å². The smallest absolute Gasteiger partial charge is 0.0570 e. The van der Waals surface area contributed by atoms with Gasteiger partial charge in [0.1, 0.15) is 0 Å². The zero-order valence-electron chi connectivity index (χ0n) is 8.86. The van der Waals surface area contributed by atoms with E-state index < -0.39 is 0 Å². The third-order valence-corrected chi connectivity index (χ3v) is 4.55. The van der Waals surface area contributed by atoms with E-state index in [0.29, 0.717) is 0 Å². The monoisotopic (exact) mass is 195 g/mol. The van der Waals surface area contributed by atoms with Crippen LogP contribution in [0.25, 0.3) is 0 Å². The molecular weight excluding hydrogens is 174 g/mol. The summed E-state index contributed by atoms with van der Waals surface area (Å²) in [5, 5.41) is 9.69. The molecular formula is C12H21NO. The molecule has 1 saturated carbocycles. The van der Waals surface area contributed by atoms with E-state index in [1.54, 1.807) is 0 Å². The van der Waals surface area contributed by atoms with Crippen LogP contribution in [-0.4, -0.2) is 34.7 Å². The van der Waals surface area contributed by atoms with Gasteiger partial charge in [-0.1, -0.05) is 6.42 Å². The molecule has 0 radical (unpaired) electrons. The molecule has 80 valence electrons. The summed E-state index contributed by atoms with van der Waals surface area (Å²) < 4.78 is 0. The van der Waals surface area contributed by atoms with E-state index in [1.807, 2.05) is 0 Å². The van der Waals surface area contributed by atoms with E-state index in [0.717, 1.165) is 30.8 Å². The zero-order chi connectivity index (χ0) is 9.54. The summed E-state index contributed by atoms with van der Waals surface area (Å²) in [6, 6.07) is 1.45. The summed E-state index contributed by atoms with van der Waals surface area (Å²) in [6.07, 6.45) is 9.15. The summed E-state index contributed by atoms with van der Waals surface area (Å²) in [4.78, 5) is 2.72. The number of aliphatic hydroxyl groups excluding tert-OH is 1. The molecule has 2 nitrogen and oxygen atoms in total. The number of hydrogen-bond acceptors (Lipinski definition) is 2. The number of fused-ring (bicyclic) bond motifs is 2. The van der Waals surface area contributed by atoms with E-state index in [2.05, 4.69) is 4.90 Å². The highest BCUT2D eigenvalue weighted by Gasteiger charge is 2.41. The molecule has 2 atom stereocenters. The van der Waals surface area contributed by atoms with Gasteiger partial charge in [0.05, 0.1) is 6.10 Å². The Morgan fingerprint density at radius 1 is 1.00 bits per heavy atom. The molecule has 0 aromatic heterocycles. The highest BCUT2D eigenvalue weighted by atomic mass is 16.3. The van der Waals surface area contributed by atoms with Gasteiger partial charge in [-0.15, -0.1) is 0 Å². The average molecular weight is 195 g/mol. The fourth-order valence-electron chi connectivity index (χ4n) is 3.52. The Morgan fingerprint density at radius 2 is 1.64 bits per heavy atom. The second kappa shape index (κ2) is 3.49. The predicted molar refractivity (Wildman–Crippen MR) is 56.1 cm³/mol. The Kier molecular flexibility index (Phi) is 2.29. The van der Waals surface area contributed by atoms with Crippen LogP contribution in [0.4, 0.5) is 0 Å². The first kappa shape index (κ1) is 9.17. The van der Waals surface area contributed by atoms with Crippen LogP contribution in [0.15, 0.2) is 0 Å². The summed E-state index contributed by atoms with van der Waals surface area (Å²) in [7, 11) is 0. The lowest BCUT2D eigenvalue weighted by atomic mass is 9.84. The highest BCUT2D eigenvalue weighted by Crippen LogP contribution is 2.38. The third-order valence-electron chi connectivity index (χ3n) is 4.55. The van der Waals surface area contributed by atoms with E-state index >= 15 is 0 Å². The van der Waals surface area contributed by atoms with Crippen molar-refractivity contribution in [3.63, 3.8) is 0 Å². The van der Waals surface area contributed by atoms with Gasteiger partial charge >= 0.3 is 0 Å². The molecule has 14 heavy (non-hydrogen) atoms. The lowest BCUT2D eigenvalue weighted by Crippen LogP contribution is -2.47. The lowest BCUT2D eigenvalue weighted by molar-refractivity contribution is 0.0192. The van der Waals surface area contributed by atoms with Gasteiger partial charge in [0.25, 0.3) is 0 Å². The van der Waals surface area contributed by atoms with Crippen molar-refractivity contribution in [2.45, 2.75) is 63.1 Å². The molecule has 2 bridgehead atoms. The Bertz CT molecular complexity index is 200. The van der Waals surface area contributed by atoms with Crippen molar-refractivity contribution in [3.8, 4) is 0 Å². The van der Waals surface area contributed by atoms with Crippen LogP contribution in [0.3, 0.4) is 0 Å². The van der Waals surface area contributed by atoms with Gasteiger partial charge in [0.2, 0.25) is 0 Å². The lowest BCUT2D eigenvalue weighted by Gasteiger charge is -2.41. The van der Waals surface area contributed by atoms with E-state index in [4.69, 9.17) is 0 Å². The average Bonchev–Trinajstić information content (AvgIpc) is 2.29. The first-order valence-electron chi connectivity index (χ1n) is 6.27. The van der Waals surface area contributed by atoms with Gasteiger partial charge in [0.15, 0.2) is 0 Å². The quantitative estimate of drug-likeness (QED) is 0.726. The highest BCUT2D eigenvalue weighted by molar-refractivity contribution is 4.96. The van der Waals surface area contributed by atoms with Crippen molar-refractivity contribution in [2.24, 2.45) is 5.92 Å². The SMILES string of the molecule is OC1CC2CCC(C1)N2CC1CCC1. The second-order valence-corrected chi connectivity index (χ2v) is 5.50. The molecule has 3 aliphatic rings. The van der Waals surface area contributed by atoms with Crippen molar-refractivity contribution >= 4 is 0 Å². The minimum atomic E-state index is 0.00476. The molecule has 2 unspecified atom stereocenters. The first-order valence-corrected chi connectivity index (χ1v) is 6.27. The number of nitrogens with zero attached hydrogens (tertiary/aromatic N) is 1. The Hall–Kier alpha value is -0.0800. The van der Waals surface area contributed by atoms with Gasteiger partial charge in [-0.25, -0.2) is 0 Å². The molecule has 2 saturated heterocycles. The summed E-state index contributed by atoms with van der Waals surface area (Å²) in [5.41, 5.74) is 0. The fraction of sp³-hybridized carbons (Fsp3) is 1.00. The maximum absolute atomic E-state index is 9.69. The standard InChI is InChI=1S/C12H21NO/c14-12-6-10-4-5-11(7-12)13(10)8-9-2-1-3-9/h9-12,14H,1-8H2. The molecule has 2 heteroatoms. The van der Waals surface area contributed by atoms with Crippen molar-refractivity contribution in [1.82, 2.24) is 4.90 Å². The van der Waals surface area contributed by atoms with Gasteiger partial charge in [0, 0.05) is 18.6 Å². The van der Waals surface area contributed by atoms with Gasteiger partial charge in [-0.3, -0.25) is 4.90 Å². The second-order valence-electron chi connectivity index (χ2n) is 5.50. The molecule has 0 spiro atoms. The largest absolute Gasteiger partial charge is 0.393 e. The van der Waals surface area contributed by atoms with Crippen molar-refractivity contribution in [1.29, 1.82) is 0 Å².